The second kappa shape index (κ2) is 16.9. The van der Waals surface area contributed by atoms with E-state index < -0.39 is 61.7 Å². The lowest BCUT2D eigenvalue weighted by Gasteiger charge is -2.18. The third kappa shape index (κ3) is 12.4. The molecule has 2 rings (SSSR count). The van der Waals surface area contributed by atoms with Crippen molar-refractivity contribution in [2.45, 2.75) is 64.5 Å². The van der Waals surface area contributed by atoms with Gasteiger partial charge in [0.15, 0.2) is 0 Å². The Balaban J connectivity index is 0.00000146. The molecule has 1 aromatic heterocycles. The fourth-order valence-electron chi connectivity index (χ4n) is 2.92. The van der Waals surface area contributed by atoms with Crippen LogP contribution < -0.4 is 16.0 Å². The number of rotatable bonds is 12. The summed E-state index contributed by atoms with van der Waals surface area (Å²) in [5.41, 5.74) is 0.378. The number of hydrogen-bond donors (Lipinski definition) is 4. The Morgan fingerprint density at radius 3 is 2.42 bits per heavy atom. The van der Waals surface area contributed by atoms with E-state index in [-0.39, 0.29) is 38.5 Å². The molecule has 1 heterocycles. The Labute approximate surface area is 237 Å². The molecule has 0 radical (unpaired) electrons. The molecular formula is C25H31F5N4O4S2. The van der Waals surface area contributed by atoms with Crippen molar-refractivity contribution in [1.29, 1.82) is 0 Å². The van der Waals surface area contributed by atoms with Crippen molar-refractivity contribution >= 4 is 46.1 Å². The van der Waals surface area contributed by atoms with E-state index in [4.69, 9.17) is 17.3 Å². The molecule has 15 heteroatoms. The van der Waals surface area contributed by atoms with E-state index in [9.17, 15) is 36.3 Å². The number of ketones is 1. The molecule has 0 aliphatic rings. The molecule has 0 fully saturated rings. The number of nitrogens with one attached hydrogen (secondary N) is 3. The van der Waals surface area contributed by atoms with Crippen molar-refractivity contribution in [3.8, 4) is 10.6 Å². The number of thiazole rings is 1. The highest BCUT2D eigenvalue weighted by Crippen LogP contribution is 2.29. The number of carbonyl (C=O) groups excluding carboxylic acids is 3. The molecule has 2 aromatic rings. The lowest BCUT2D eigenvalue weighted by atomic mass is 10.0. The zero-order valence-electron chi connectivity index (χ0n) is 22.0. The number of Topliss-reactive ketones (excluding diaryl/α,β-unsaturated/α-hetero) is 1. The van der Waals surface area contributed by atoms with Gasteiger partial charge in [0.2, 0.25) is 11.7 Å². The number of aliphatic hydroxyl groups excluding tert-OH is 1. The Kier molecular flexibility index (Phi) is 14.8. The molecule has 0 spiro atoms. The molecule has 2 unspecified atom stereocenters. The molecule has 0 saturated carbocycles. The second-order valence-electron chi connectivity index (χ2n) is 8.48. The molecule has 8 nitrogen and oxygen atoms in total. The van der Waals surface area contributed by atoms with E-state index in [1.54, 1.807) is 6.92 Å². The number of hydrogen-bond acceptors (Lipinski definition) is 7. The van der Waals surface area contributed by atoms with E-state index in [0.29, 0.717) is 0 Å². The first-order valence-corrected chi connectivity index (χ1v) is 13.3. The van der Waals surface area contributed by atoms with Gasteiger partial charge in [-0.3, -0.25) is 14.4 Å². The highest BCUT2D eigenvalue weighted by molar-refractivity contribution is 7.82. The number of nitrogens with zero attached hydrogens (tertiary/aromatic N) is 1. The van der Waals surface area contributed by atoms with Crippen LogP contribution in [0.3, 0.4) is 0 Å². The Morgan fingerprint density at radius 1 is 1.23 bits per heavy atom. The maximum absolute atomic E-state index is 13.6. The van der Waals surface area contributed by atoms with Gasteiger partial charge >= 0.3 is 6.18 Å². The summed E-state index contributed by atoms with van der Waals surface area (Å²) in [6, 6.07) is 2.16. The van der Waals surface area contributed by atoms with Crippen LogP contribution in [0.25, 0.3) is 10.6 Å². The van der Waals surface area contributed by atoms with Crippen molar-refractivity contribution in [3.63, 3.8) is 0 Å². The van der Waals surface area contributed by atoms with Gasteiger partial charge in [-0.25, -0.2) is 13.8 Å². The van der Waals surface area contributed by atoms with Gasteiger partial charge in [-0.05, 0) is 43.9 Å². The van der Waals surface area contributed by atoms with E-state index in [2.05, 4.69) is 20.9 Å². The van der Waals surface area contributed by atoms with Gasteiger partial charge in [-0.15, -0.1) is 11.3 Å². The number of benzene rings is 1. The predicted octanol–water partition coefficient (Wildman–Crippen LogP) is 4.26. The third-order valence-electron chi connectivity index (χ3n) is 5.23. The van der Waals surface area contributed by atoms with Crippen LogP contribution in [0.2, 0.25) is 0 Å². The summed E-state index contributed by atoms with van der Waals surface area (Å²) in [6.45, 7) is 2.28. The number of carbonyl (C=O) groups is 3. The molecule has 222 valence electrons. The van der Waals surface area contributed by atoms with Crippen LogP contribution in [0.4, 0.5) is 22.0 Å². The number of thiocarbonyl (C=S) groups is 1. The summed E-state index contributed by atoms with van der Waals surface area (Å²) in [5.74, 6) is -2.90. The molecule has 0 saturated heterocycles. The number of likely N-dealkylation sites (N-methyl/N-ethyl adjacent to an activating group) is 1. The molecule has 1 aromatic carbocycles. The lowest BCUT2D eigenvalue weighted by molar-refractivity contribution is -0.136. The minimum absolute atomic E-state index is 0.0519. The number of amides is 2. The predicted molar refractivity (Wildman–Crippen MR) is 145 cm³/mol. The van der Waals surface area contributed by atoms with Gasteiger partial charge in [-0.1, -0.05) is 25.2 Å². The standard InChI is InChI=1S/C21H21F5N4O3S2.C4H10O/c1-27-19(34)17(32)14(3-2-6-21(24,25)26)30-16(31)10-28-18(33)15-9-29-20(35-15)13-7-12(23)5-4-11(13)8-22;1-3-4(2)5/h4-5,7,9,14H,2-3,6,8,10H2,1H3,(H,27,34)(H,28,33)(H,30,31);4-5H,3H2,1-2H3. The first kappa shape index (κ1) is 35.0. The Bertz CT molecular complexity index is 1160. The minimum atomic E-state index is -4.42. The zero-order valence-corrected chi connectivity index (χ0v) is 23.7. The van der Waals surface area contributed by atoms with Crippen molar-refractivity contribution < 1.29 is 41.4 Å². The van der Waals surface area contributed by atoms with Crippen molar-refractivity contribution in [1.82, 2.24) is 20.9 Å². The van der Waals surface area contributed by atoms with Gasteiger partial charge in [0.05, 0.1) is 24.9 Å². The summed E-state index contributed by atoms with van der Waals surface area (Å²) in [4.78, 5) is 40.7. The quantitative estimate of drug-likeness (QED) is 0.209. The van der Waals surface area contributed by atoms with Crippen LogP contribution in [0, 0.1) is 5.82 Å². The monoisotopic (exact) mass is 610 g/mol. The van der Waals surface area contributed by atoms with E-state index in [0.717, 1.165) is 29.9 Å². The fourth-order valence-corrected chi connectivity index (χ4v) is 3.94. The summed E-state index contributed by atoms with van der Waals surface area (Å²) in [5, 5.41) is 15.6. The lowest BCUT2D eigenvalue weighted by Crippen LogP contribution is -2.49. The van der Waals surface area contributed by atoms with Crippen LogP contribution in [0.5, 0.6) is 0 Å². The third-order valence-corrected chi connectivity index (χ3v) is 6.67. The fraction of sp³-hybridized carbons (Fsp3) is 0.480. The molecule has 40 heavy (non-hydrogen) atoms. The largest absolute Gasteiger partial charge is 0.393 e. The molecule has 0 aliphatic heterocycles. The topological polar surface area (TPSA) is 120 Å². The highest BCUT2D eigenvalue weighted by atomic mass is 32.1. The van der Waals surface area contributed by atoms with Crippen LogP contribution in [-0.2, 0) is 16.3 Å². The Hall–Kier alpha value is -3.04. The molecule has 2 amide bonds. The summed E-state index contributed by atoms with van der Waals surface area (Å²) in [7, 11) is 1.36. The summed E-state index contributed by atoms with van der Waals surface area (Å²) in [6.07, 6.45) is -4.35. The van der Waals surface area contributed by atoms with E-state index in [1.807, 2.05) is 6.92 Å². The van der Waals surface area contributed by atoms with Gasteiger partial charge in [0.1, 0.15) is 27.4 Å². The highest BCUT2D eigenvalue weighted by Gasteiger charge is 2.29. The van der Waals surface area contributed by atoms with Crippen LogP contribution >= 0.6 is 23.6 Å². The van der Waals surface area contributed by atoms with E-state index in [1.165, 1.54) is 19.3 Å². The van der Waals surface area contributed by atoms with E-state index >= 15 is 0 Å². The maximum Gasteiger partial charge on any atom is 0.389 e. The zero-order chi connectivity index (χ0) is 30.5. The first-order valence-electron chi connectivity index (χ1n) is 12.1. The van der Waals surface area contributed by atoms with Crippen molar-refractivity contribution in [2.75, 3.05) is 13.6 Å². The normalized spacial score (nSPS) is 12.4. The van der Waals surface area contributed by atoms with Gasteiger partial charge in [0, 0.05) is 19.0 Å². The number of halogens is 5. The maximum atomic E-state index is 13.6. The number of aromatic nitrogens is 1. The Morgan fingerprint density at radius 2 is 1.88 bits per heavy atom. The van der Waals surface area contributed by atoms with Crippen LogP contribution in [0.1, 0.15) is 54.8 Å². The minimum Gasteiger partial charge on any atom is -0.393 e. The molecule has 0 aliphatic carbocycles. The second-order valence-corrected chi connectivity index (χ2v) is 9.91. The number of alkyl halides is 4. The molecule has 2 atom stereocenters. The average Bonchev–Trinajstić information content (AvgIpc) is 3.40. The first-order chi connectivity index (χ1) is 18.7. The van der Waals surface area contributed by atoms with Crippen molar-refractivity contribution in [2.24, 2.45) is 0 Å². The molecule has 0 bridgehead atoms. The average molecular weight is 611 g/mol. The summed E-state index contributed by atoms with van der Waals surface area (Å²) >= 11 is 5.66. The van der Waals surface area contributed by atoms with Gasteiger partial charge in [-0.2, -0.15) is 13.2 Å². The SMILES string of the molecule is CCC(C)O.CNC(=S)C(=O)C(CCCC(F)(F)F)NC(=O)CNC(=O)c1cnc(-c2cc(F)ccc2CF)s1. The van der Waals surface area contributed by atoms with Gasteiger partial charge < -0.3 is 21.1 Å². The molecular weight excluding hydrogens is 579 g/mol. The molecule has 4 N–H and O–H groups in total. The van der Waals surface area contributed by atoms with Crippen LogP contribution in [-0.4, -0.2) is 64.6 Å². The van der Waals surface area contributed by atoms with Crippen LogP contribution in [0.15, 0.2) is 24.4 Å². The van der Waals surface area contributed by atoms with Crippen molar-refractivity contribution in [3.05, 3.63) is 40.7 Å². The summed E-state index contributed by atoms with van der Waals surface area (Å²) < 4.78 is 64.1. The van der Waals surface area contributed by atoms with Gasteiger partial charge in [0.25, 0.3) is 5.91 Å². The number of aliphatic hydroxyl groups is 1. The smallest absolute Gasteiger partial charge is 0.389 e.